The van der Waals surface area contributed by atoms with Gasteiger partial charge in [0.2, 0.25) is 5.78 Å². The molecule has 2 aromatic heterocycles. The van der Waals surface area contributed by atoms with Crippen molar-refractivity contribution in [3.63, 3.8) is 0 Å². The first-order chi connectivity index (χ1) is 6.77. The quantitative estimate of drug-likeness (QED) is 0.526. The van der Waals surface area contributed by atoms with Gasteiger partial charge in [0, 0.05) is 18.9 Å². The predicted octanol–water partition coefficient (Wildman–Crippen LogP) is 2.13. The normalized spacial score (nSPS) is 11.6. The van der Waals surface area contributed by atoms with Crippen LogP contribution in [0.4, 0.5) is 0 Å². The molecule has 0 saturated heterocycles. The number of hydrogen-bond donors (Lipinski definition) is 0. The molecule has 0 unspecified atom stereocenters. The summed E-state index contributed by atoms with van der Waals surface area (Å²) >= 11 is 0. The summed E-state index contributed by atoms with van der Waals surface area (Å²) in [6, 6.07) is 8.19. The minimum absolute atomic E-state index is 1.00. The van der Waals surface area contributed by atoms with E-state index in [0.717, 1.165) is 11.3 Å². The van der Waals surface area contributed by atoms with Crippen molar-refractivity contribution < 1.29 is 0 Å². The van der Waals surface area contributed by atoms with Crippen LogP contribution in [0.15, 0.2) is 30.5 Å². The minimum Gasteiger partial charge on any atom is -0.317 e. The molecule has 0 spiro atoms. The maximum Gasteiger partial charge on any atom is 0.214 e. The molecular formula is C11H11N3. The van der Waals surface area contributed by atoms with Gasteiger partial charge >= 0.3 is 0 Å². The lowest BCUT2D eigenvalue weighted by molar-refractivity contribution is 0.899. The molecule has 14 heavy (non-hydrogen) atoms. The molecule has 0 aliphatic carbocycles. The lowest BCUT2D eigenvalue weighted by Gasteiger charge is -1.91. The van der Waals surface area contributed by atoms with Gasteiger partial charge in [0.25, 0.3) is 0 Å². The average molecular weight is 185 g/mol. The van der Waals surface area contributed by atoms with Crippen molar-refractivity contribution in [2.45, 2.75) is 6.92 Å². The summed E-state index contributed by atoms with van der Waals surface area (Å²) in [7, 11) is 2.04. The van der Waals surface area contributed by atoms with E-state index in [2.05, 4.69) is 33.1 Å². The van der Waals surface area contributed by atoms with Crippen LogP contribution in [0.25, 0.3) is 16.8 Å². The maximum atomic E-state index is 4.56. The van der Waals surface area contributed by atoms with Gasteiger partial charge in [-0.2, -0.15) is 0 Å². The van der Waals surface area contributed by atoms with Crippen molar-refractivity contribution in [1.29, 1.82) is 0 Å². The highest BCUT2D eigenvalue weighted by atomic mass is 15.2. The molecular weight excluding hydrogens is 174 g/mol. The van der Waals surface area contributed by atoms with E-state index in [0.29, 0.717) is 0 Å². The Morgan fingerprint density at radius 3 is 2.86 bits per heavy atom. The van der Waals surface area contributed by atoms with Gasteiger partial charge in [0.1, 0.15) is 0 Å². The van der Waals surface area contributed by atoms with Gasteiger partial charge in [0.15, 0.2) is 0 Å². The Bertz CT molecular complexity index is 616. The number of aromatic nitrogens is 3. The zero-order valence-electron chi connectivity index (χ0n) is 8.23. The fourth-order valence-electron chi connectivity index (χ4n) is 1.83. The van der Waals surface area contributed by atoms with Gasteiger partial charge in [-0.15, -0.1) is 0 Å². The Balaban J connectivity index is 2.60. The molecule has 0 aliphatic rings. The molecule has 3 nitrogen and oxygen atoms in total. The number of hydrogen-bond acceptors (Lipinski definition) is 1. The van der Waals surface area contributed by atoms with E-state index in [1.54, 1.807) is 0 Å². The van der Waals surface area contributed by atoms with Gasteiger partial charge in [-0.25, -0.2) is 4.98 Å². The maximum absolute atomic E-state index is 4.56. The second kappa shape index (κ2) is 2.38. The molecule has 3 aromatic rings. The first-order valence-electron chi connectivity index (χ1n) is 4.66. The van der Waals surface area contributed by atoms with Crippen LogP contribution < -0.4 is 0 Å². The Hall–Kier alpha value is -1.77. The molecule has 0 amide bonds. The van der Waals surface area contributed by atoms with Gasteiger partial charge in [-0.05, 0) is 19.1 Å². The highest BCUT2D eigenvalue weighted by Gasteiger charge is 2.07. The van der Waals surface area contributed by atoms with Gasteiger partial charge in [0.05, 0.1) is 11.0 Å². The Morgan fingerprint density at radius 2 is 2.00 bits per heavy atom. The molecule has 0 aliphatic heterocycles. The van der Waals surface area contributed by atoms with E-state index in [1.165, 1.54) is 11.2 Å². The monoisotopic (exact) mass is 185 g/mol. The molecule has 3 heteroatoms. The van der Waals surface area contributed by atoms with Crippen LogP contribution in [0.3, 0.4) is 0 Å². The third-order valence-electron chi connectivity index (χ3n) is 2.72. The highest BCUT2D eigenvalue weighted by molar-refractivity contribution is 5.79. The molecule has 0 bridgehead atoms. The highest BCUT2D eigenvalue weighted by Crippen LogP contribution is 2.17. The molecule has 1 aromatic carbocycles. The van der Waals surface area contributed by atoms with Crippen molar-refractivity contribution in [2.75, 3.05) is 0 Å². The summed E-state index contributed by atoms with van der Waals surface area (Å²) in [5.74, 6) is 1.00. The second-order valence-corrected chi connectivity index (χ2v) is 3.60. The van der Waals surface area contributed by atoms with E-state index in [1.807, 2.05) is 25.2 Å². The van der Waals surface area contributed by atoms with Crippen LogP contribution in [0.1, 0.15) is 5.69 Å². The minimum atomic E-state index is 1.00. The summed E-state index contributed by atoms with van der Waals surface area (Å²) in [6.07, 6.45) is 2.12. The Morgan fingerprint density at radius 1 is 1.21 bits per heavy atom. The van der Waals surface area contributed by atoms with Crippen LogP contribution in [-0.4, -0.2) is 14.0 Å². The number of imidazole rings is 2. The number of benzene rings is 1. The first kappa shape index (κ1) is 7.62. The van der Waals surface area contributed by atoms with Crippen LogP contribution in [0.2, 0.25) is 0 Å². The lowest BCUT2D eigenvalue weighted by Crippen LogP contribution is -1.90. The molecule has 0 N–H and O–H groups in total. The summed E-state index contributed by atoms with van der Waals surface area (Å²) < 4.78 is 4.23. The van der Waals surface area contributed by atoms with E-state index in [4.69, 9.17) is 0 Å². The second-order valence-electron chi connectivity index (χ2n) is 3.60. The SMILES string of the molecule is Cc1cn2c3ccccc3nc2n1C. The molecule has 0 saturated carbocycles. The van der Waals surface area contributed by atoms with E-state index >= 15 is 0 Å². The number of para-hydroxylation sites is 2. The third kappa shape index (κ3) is 0.789. The molecule has 3 rings (SSSR count). The molecule has 2 heterocycles. The molecule has 0 fully saturated rings. The van der Waals surface area contributed by atoms with Crippen LogP contribution in [-0.2, 0) is 7.05 Å². The fourth-order valence-corrected chi connectivity index (χ4v) is 1.83. The molecule has 0 atom stereocenters. The predicted molar refractivity (Wildman–Crippen MR) is 56.4 cm³/mol. The Kier molecular flexibility index (Phi) is 1.29. The summed E-state index contributed by atoms with van der Waals surface area (Å²) in [5, 5.41) is 0. The smallest absolute Gasteiger partial charge is 0.214 e. The fraction of sp³-hybridized carbons (Fsp3) is 0.182. The number of rotatable bonds is 0. The molecule has 70 valence electrons. The first-order valence-corrected chi connectivity index (χ1v) is 4.66. The summed E-state index contributed by atoms with van der Waals surface area (Å²) in [6.45, 7) is 2.09. The van der Waals surface area contributed by atoms with Gasteiger partial charge in [-0.3, -0.25) is 4.40 Å². The topological polar surface area (TPSA) is 22.2 Å². The Labute approximate surface area is 81.6 Å². The van der Waals surface area contributed by atoms with Crippen LogP contribution in [0.5, 0.6) is 0 Å². The van der Waals surface area contributed by atoms with Crippen LogP contribution >= 0.6 is 0 Å². The van der Waals surface area contributed by atoms with Crippen LogP contribution in [0, 0.1) is 6.92 Å². The van der Waals surface area contributed by atoms with Gasteiger partial charge in [-0.1, -0.05) is 12.1 Å². The lowest BCUT2D eigenvalue weighted by atomic mass is 10.3. The summed E-state index contributed by atoms with van der Waals surface area (Å²) in [5.41, 5.74) is 3.45. The zero-order valence-corrected chi connectivity index (χ0v) is 8.23. The van der Waals surface area contributed by atoms with Crippen molar-refractivity contribution in [3.8, 4) is 0 Å². The standard InChI is InChI=1S/C11H11N3/c1-8-7-14-10-6-4-3-5-9(10)12-11(14)13(8)2/h3-7H,1-2H3. The zero-order chi connectivity index (χ0) is 9.71. The molecule has 0 radical (unpaired) electrons. The number of aryl methyl sites for hydroxylation is 2. The van der Waals surface area contributed by atoms with Crippen molar-refractivity contribution >= 4 is 16.8 Å². The third-order valence-corrected chi connectivity index (χ3v) is 2.72. The average Bonchev–Trinajstić information content (AvgIpc) is 2.67. The largest absolute Gasteiger partial charge is 0.317 e. The van der Waals surface area contributed by atoms with E-state index in [9.17, 15) is 0 Å². The van der Waals surface area contributed by atoms with E-state index in [-0.39, 0.29) is 0 Å². The van der Waals surface area contributed by atoms with Crippen molar-refractivity contribution in [2.24, 2.45) is 7.05 Å². The van der Waals surface area contributed by atoms with Crippen molar-refractivity contribution in [3.05, 3.63) is 36.2 Å². The van der Waals surface area contributed by atoms with Crippen molar-refractivity contribution in [1.82, 2.24) is 14.0 Å². The van der Waals surface area contributed by atoms with Gasteiger partial charge < -0.3 is 4.57 Å². The number of nitrogens with zero attached hydrogens (tertiary/aromatic N) is 3. The summed E-state index contributed by atoms with van der Waals surface area (Å²) in [4.78, 5) is 4.56. The number of fused-ring (bicyclic) bond motifs is 3. The van der Waals surface area contributed by atoms with E-state index < -0.39 is 0 Å².